The molecule has 0 aromatic heterocycles. The van der Waals surface area contributed by atoms with Gasteiger partial charge in [0.2, 0.25) is 5.91 Å². The van der Waals surface area contributed by atoms with Crippen molar-refractivity contribution in [3.05, 3.63) is 59.2 Å². The fourth-order valence-electron chi connectivity index (χ4n) is 2.40. The molecule has 0 bridgehead atoms. The third-order valence-corrected chi connectivity index (χ3v) is 5.95. The van der Waals surface area contributed by atoms with Gasteiger partial charge in [-0.25, -0.2) is 0 Å². The van der Waals surface area contributed by atoms with Gasteiger partial charge in [0, 0.05) is 23.6 Å². The van der Waals surface area contributed by atoms with Crippen LogP contribution >= 0.6 is 0 Å². The maximum Gasteiger partial charge on any atom is 0.238 e. The predicted molar refractivity (Wildman–Crippen MR) is 101 cm³/mol. The standard InChI is InChI=1S/C20H25NO2S/c1-14-6-9-16(10-7-14)18-11-8-15(2)12-17(18)13-21-19(22)20(3,4)24(5)23/h6-12H,13H2,1-5H3,(H,21,22). The van der Waals surface area contributed by atoms with E-state index >= 15 is 0 Å². The molecule has 2 aromatic rings. The summed E-state index contributed by atoms with van der Waals surface area (Å²) in [7, 11) is -1.22. The van der Waals surface area contributed by atoms with E-state index in [1.807, 2.05) is 6.92 Å². The molecule has 0 aliphatic rings. The molecule has 1 amide bonds. The van der Waals surface area contributed by atoms with Crippen LogP contribution < -0.4 is 5.32 Å². The lowest BCUT2D eigenvalue weighted by molar-refractivity contribution is -0.122. The average Bonchev–Trinajstić information content (AvgIpc) is 2.53. The second-order valence-electron chi connectivity index (χ2n) is 6.67. The third-order valence-electron chi connectivity index (χ3n) is 4.33. The fraction of sp³-hybridized carbons (Fsp3) is 0.350. The van der Waals surface area contributed by atoms with Crippen molar-refractivity contribution < 1.29 is 9.00 Å². The molecule has 3 nitrogen and oxygen atoms in total. The van der Waals surface area contributed by atoms with Crippen LogP contribution in [0.15, 0.2) is 42.5 Å². The fourth-order valence-corrected chi connectivity index (χ4v) is 2.74. The summed E-state index contributed by atoms with van der Waals surface area (Å²) in [5.74, 6) is -0.195. The number of rotatable bonds is 5. The van der Waals surface area contributed by atoms with Crippen LogP contribution in [-0.4, -0.2) is 21.1 Å². The normalized spacial score (nSPS) is 12.7. The molecular weight excluding hydrogens is 318 g/mol. The molecular formula is C20H25NO2S. The first kappa shape index (κ1) is 18.4. The second-order valence-corrected chi connectivity index (χ2v) is 8.60. The first-order valence-corrected chi connectivity index (χ1v) is 9.56. The minimum absolute atomic E-state index is 0.195. The Hall–Kier alpha value is -1.94. The van der Waals surface area contributed by atoms with Crippen molar-refractivity contribution in [1.29, 1.82) is 0 Å². The zero-order chi connectivity index (χ0) is 17.9. The second kappa shape index (κ2) is 7.31. The van der Waals surface area contributed by atoms with Gasteiger partial charge in [-0.05, 0) is 44.4 Å². The van der Waals surface area contributed by atoms with E-state index in [4.69, 9.17) is 0 Å². The van der Waals surface area contributed by atoms with Gasteiger partial charge in [-0.3, -0.25) is 9.00 Å². The highest BCUT2D eigenvalue weighted by molar-refractivity contribution is 7.86. The first-order chi connectivity index (χ1) is 11.2. The molecule has 1 atom stereocenters. The minimum Gasteiger partial charge on any atom is -0.351 e. The van der Waals surface area contributed by atoms with Crippen LogP contribution in [-0.2, 0) is 22.1 Å². The molecule has 1 N–H and O–H groups in total. The van der Waals surface area contributed by atoms with Crippen molar-refractivity contribution in [1.82, 2.24) is 5.32 Å². The van der Waals surface area contributed by atoms with Crippen molar-refractivity contribution in [3.63, 3.8) is 0 Å². The highest BCUT2D eigenvalue weighted by Gasteiger charge is 2.31. The molecule has 24 heavy (non-hydrogen) atoms. The van der Waals surface area contributed by atoms with Gasteiger partial charge in [0.05, 0.1) is 0 Å². The zero-order valence-corrected chi connectivity index (χ0v) is 15.8. The molecule has 0 saturated heterocycles. The van der Waals surface area contributed by atoms with E-state index in [9.17, 15) is 9.00 Å². The number of amides is 1. The minimum atomic E-state index is -1.22. The summed E-state index contributed by atoms with van der Waals surface area (Å²) in [6.07, 6.45) is 1.56. The number of carbonyl (C=O) groups excluding carboxylic acids is 1. The lowest BCUT2D eigenvalue weighted by atomic mass is 9.97. The van der Waals surface area contributed by atoms with Crippen molar-refractivity contribution in [2.45, 2.75) is 39.0 Å². The molecule has 0 aliphatic carbocycles. The summed E-state index contributed by atoms with van der Waals surface area (Å²) in [5, 5.41) is 2.94. The van der Waals surface area contributed by atoms with Gasteiger partial charge in [-0.15, -0.1) is 0 Å². The van der Waals surface area contributed by atoms with E-state index in [1.165, 1.54) is 5.56 Å². The molecule has 0 radical (unpaired) electrons. The van der Waals surface area contributed by atoms with Crippen LogP contribution in [0.4, 0.5) is 0 Å². The van der Waals surface area contributed by atoms with Crippen molar-refractivity contribution in [2.75, 3.05) is 6.26 Å². The van der Waals surface area contributed by atoms with Crippen LogP contribution in [0.5, 0.6) is 0 Å². The van der Waals surface area contributed by atoms with Gasteiger partial charge in [-0.2, -0.15) is 0 Å². The van der Waals surface area contributed by atoms with Gasteiger partial charge in [0.1, 0.15) is 4.75 Å². The third kappa shape index (κ3) is 4.12. The van der Waals surface area contributed by atoms with Gasteiger partial charge in [-0.1, -0.05) is 53.6 Å². The summed E-state index contributed by atoms with van der Waals surface area (Å²) < 4.78 is 10.8. The molecule has 0 heterocycles. The van der Waals surface area contributed by atoms with E-state index in [1.54, 1.807) is 20.1 Å². The van der Waals surface area contributed by atoms with Crippen molar-refractivity contribution in [2.24, 2.45) is 0 Å². The van der Waals surface area contributed by atoms with Crippen LogP contribution in [0.1, 0.15) is 30.5 Å². The Morgan fingerprint density at radius 1 is 1.04 bits per heavy atom. The highest BCUT2D eigenvalue weighted by atomic mass is 32.2. The smallest absolute Gasteiger partial charge is 0.238 e. The number of hydrogen-bond donors (Lipinski definition) is 1. The zero-order valence-electron chi connectivity index (χ0n) is 15.0. The summed E-state index contributed by atoms with van der Waals surface area (Å²) in [6, 6.07) is 14.6. The Morgan fingerprint density at radius 2 is 1.62 bits per heavy atom. The van der Waals surface area contributed by atoms with E-state index in [-0.39, 0.29) is 5.91 Å². The molecule has 2 rings (SSSR count). The number of nitrogens with one attached hydrogen (secondary N) is 1. The number of carbonyl (C=O) groups is 1. The summed E-state index contributed by atoms with van der Waals surface area (Å²) in [5.41, 5.74) is 5.66. The molecule has 0 fully saturated rings. The monoisotopic (exact) mass is 343 g/mol. The van der Waals surface area contributed by atoms with Gasteiger partial charge in [0.15, 0.2) is 0 Å². The Morgan fingerprint density at radius 3 is 2.21 bits per heavy atom. The Kier molecular flexibility index (Phi) is 5.60. The topological polar surface area (TPSA) is 46.2 Å². The number of hydrogen-bond acceptors (Lipinski definition) is 2. The van der Waals surface area contributed by atoms with E-state index in [0.29, 0.717) is 6.54 Å². The van der Waals surface area contributed by atoms with Crippen LogP contribution in [0, 0.1) is 13.8 Å². The van der Waals surface area contributed by atoms with Crippen LogP contribution in [0.3, 0.4) is 0 Å². The molecule has 0 aliphatic heterocycles. The maximum atomic E-state index is 12.4. The summed E-state index contributed by atoms with van der Waals surface area (Å²) in [4.78, 5) is 12.4. The maximum absolute atomic E-state index is 12.4. The summed E-state index contributed by atoms with van der Waals surface area (Å²) >= 11 is 0. The van der Waals surface area contributed by atoms with E-state index in [0.717, 1.165) is 22.3 Å². The van der Waals surface area contributed by atoms with Crippen molar-refractivity contribution in [3.8, 4) is 11.1 Å². The van der Waals surface area contributed by atoms with Crippen molar-refractivity contribution >= 4 is 16.7 Å². The Labute approximate surface area is 146 Å². The van der Waals surface area contributed by atoms with Gasteiger partial charge < -0.3 is 5.32 Å². The predicted octanol–water partition coefficient (Wildman–Crippen LogP) is 3.74. The molecule has 0 spiro atoms. The lowest BCUT2D eigenvalue weighted by Crippen LogP contribution is -2.44. The molecule has 2 aromatic carbocycles. The van der Waals surface area contributed by atoms with E-state index in [2.05, 4.69) is 54.7 Å². The highest BCUT2D eigenvalue weighted by Crippen LogP contribution is 2.25. The molecule has 0 saturated carbocycles. The Balaban J connectivity index is 2.27. The number of aryl methyl sites for hydroxylation is 2. The van der Waals surface area contributed by atoms with Gasteiger partial charge >= 0.3 is 0 Å². The Bertz CT molecular complexity index is 764. The molecule has 1 unspecified atom stereocenters. The quantitative estimate of drug-likeness (QED) is 0.899. The lowest BCUT2D eigenvalue weighted by Gasteiger charge is -2.21. The largest absolute Gasteiger partial charge is 0.351 e. The summed E-state index contributed by atoms with van der Waals surface area (Å²) in [6.45, 7) is 7.93. The SMILES string of the molecule is Cc1ccc(-c2ccc(C)cc2CNC(=O)C(C)(C)S(C)=O)cc1. The molecule has 128 valence electrons. The van der Waals surface area contributed by atoms with Crippen LogP contribution in [0.25, 0.3) is 11.1 Å². The average molecular weight is 343 g/mol. The molecule has 4 heteroatoms. The van der Waals surface area contributed by atoms with E-state index < -0.39 is 15.5 Å². The van der Waals surface area contributed by atoms with Crippen LogP contribution in [0.2, 0.25) is 0 Å². The van der Waals surface area contributed by atoms with Gasteiger partial charge in [0.25, 0.3) is 0 Å². The number of benzene rings is 2. The first-order valence-electron chi connectivity index (χ1n) is 8.00.